The van der Waals surface area contributed by atoms with Crippen LogP contribution < -0.4 is 10.6 Å². The van der Waals surface area contributed by atoms with Gasteiger partial charge >= 0.3 is 6.03 Å². The van der Waals surface area contributed by atoms with Crippen LogP contribution in [0.25, 0.3) is 0 Å². The fourth-order valence-electron chi connectivity index (χ4n) is 2.36. The molecule has 16 heavy (non-hydrogen) atoms. The number of aliphatic hydroxyl groups is 1. The summed E-state index contributed by atoms with van der Waals surface area (Å²) < 4.78 is 0. The van der Waals surface area contributed by atoms with Gasteiger partial charge in [0, 0.05) is 6.04 Å². The topological polar surface area (TPSA) is 61.4 Å². The summed E-state index contributed by atoms with van der Waals surface area (Å²) in [6, 6.07) is -0.0622. The molecular weight excluding hydrogens is 204 g/mol. The lowest BCUT2D eigenvalue weighted by atomic mass is 9.80. The Labute approximate surface area is 97.8 Å². The van der Waals surface area contributed by atoms with Crippen molar-refractivity contribution in [2.24, 2.45) is 11.8 Å². The fourth-order valence-corrected chi connectivity index (χ4v) is 2.36. The maximum absolute atomic E-state index is 11.6. The highest BCUT2D eigenvalue weighted by Crippen LogP contribution is 2.28. The normalized spacial score (nSPS) is 31.9. The van der Waals surface area contributed by atoms with E-state index in [0.717, 1.165) is 12.3 Å². The monoisotopic (exact) mass is 228 g/mol. The van der Waals surface area contributed by atoms with Crippen molar-refractivity contribution in [2.45, 2.75) is 52.1 Å². The molecule has 0 heterocycles. The Morgan fingerprint density at radius 1 is 1.44 bits per heavy atom. The summed E-state index contributed by atoms with van der Waals surface area (Å²) in [6.45, 7) is 6.22. The summed E-state index contributed by atoms with van der Waals surface area (Å²) in [6.07, 6.45) is 3.43. The summed E-state index contributed by atoms with van der Waals surface area (Å²) in [5.74, 6) is 1.31. The minimum atomic E-state index is -0.183. The number of hydrogen-bond acceptors (Lipinski definition) is 2. The molecule has 1 rings (SSSR count). The van der Waals surface area contributed by atoms with Crippen molar-refractivity contribution in [2.75, 3.05) is 6.61 Å². The Bertz CT molecular complexity index is 233. The Kier molecular flexibility index (Phi) is 5.06. The van der Waals surface area contributed by atoms with Gasteiger partial charge in [0.1, 0.15) is 0 Å². The molecule has 0 aromatic rings. The lowest BCUT2D eigenvalue weighted by Crippen LogP contribution is -2.49. The van der Waals surface area contributed by atoms with Crippen LogP contribution in [0.4, 0.5) is 4.79 Å². The van der Waals surface area contributed by atoms with E-state index in [1.807, 2.05) is 0 Å². The van der Waals surface area contributed by atoms with Gasteiger partial charge in [-0.1, -0.05) is 13.8 Å². The highest BCUT2D eigenvalue weighted by atomic mass is 16.3. The standard InChI is InChI=1S/C12H24N2O2/c1-8-4-5-11(9(2)6-8)14-12(16)13-10(3)7-15/h8-11,15H,4-7H2,1-3H3,(H2,13,14,16). The van der Waals surface area contributed by atoms with Crippen molar-refractivity contribution in [3.8, 4) is 0 Å². The van der Waals surface area contributed by atoms with Crippen LogP contribution in [0.5, 0.6) is 0 Å². The first-order valence-corrected chi connectivity index (χ1v) is 6.20. The Morgan fingerprint density at radius 2 is 2.12 bits per heavy atom. The number of nitrogens with one attached hydrogen (secondary N) is 2. The van der Waals surface area contributed by atoms with Gasteiger partial charge in [0.05, 0.1) is 12.6 Å². The molecule has 4 atom stereocenters. The summed E-state index contributed by atoms with van der Waals surface area (Å²) in [5.41, 5.74) is 0. The van der Waals surface area contributed by atoms with Crippen molar-refractivity contribution in [3.63, 3.8) is 0 Å². The third-order valence-corrected chi connectivity index (χ3v) is 3.40. The van der Waals surface area contributed by atoms with Crippen LogP contribution in [-0.2, 0) is 0 Å². The number of urea groups is 1. The van der Waals surface area contributed by atoms with Crippen LogP contribution in [0.3, 0.4) is 0 Å². The lowest BCUT2D eigenvalue weighted by Gasteiger charge is -2.33. The van der Waals surface area contributed by atoms with E-state index in [9.17, 15) is 4.79 Å². The van der Waals surface area contributed by atoms with Crippen LogP contribution in [0, 0.1) is 11.8 Å². The first-order chi connectivity index (χ1) is 7.52. The summed E-state index contributed by atoms with van der Waals surface area (Å²) in [4.78, 5) is 11.6. The van der Waals surface area contributed by atoms with Crippen LogP contribution in [0.15, 0.2) is 0 Å². The zero-order valence-electron chi connectivity index (χ0n) is 10.5. The first-order valence-electron chi connectivity index (χ1n) is 6.20. The van der Waals surface area contributed by atoms with Crippen molar-refractivity contribution in [3.05, 3.63) is 0 Å². The second-order valence-electron chi connectivity index (χ2n) is 5.20. The first kappa shape index (κ1) is 13.3. The van der Waals surface area contributed by atoms with Gasteiger partial charge in [-0.2, -0.15) is 0 Å². The molecule has 1 aliphatic rings. The molecule has 94 valence electrons. The van der Waals surface area contributed by atoms with E-state index >= 15 is 0 Å². The molecule has 1 fully saturated rings. The number of hydrogen-bond donors (Lipinski definition) is 3. The maximum Gasteiger partial charge on any atom is 0.315 e. The second-order valence-corrected chi connectivity index (χ2v) is 5.20. The highest BCUT2D eigenvalue weighted by molar-refractivity contribution is 5.74. The quantitative estimate of drug-likeness (QED) is 0.685. The molecule has 3 N–H and O–H groups in total. The van der Waals surface area contributed by atoms with Crippen molar-refractivity contribution in [1.29, 1.82) is 0 Å². The predicted octanol–water partition coefficient (Wildman–Crippen LogP) is 1.49. The number of aliphatic hydroxyl groups excluding tert-OH is 1. The number of carbonyl (C=O) groups is 1. The molecule has 0 bridgehead atoms. The van der Waals surface area contributed by atoms with Gasteiger partial charge < -0.3 is 15.7 Å². The van der Waals surface area contributed by atoms with Gasteiger partial charge in [0.25, 0.3) is 0 Å². The van der Waals surface area contributed by atoms with Crippen molar-refractivity contribution >= 4 is 6.03 Å². The summed E-state index contributed by atoms with van der Waals surface area (Å²) >= 11 is 0. The van der Waals surface area contributed by atoms with Crippen LogP contribution in [-0.4, -0.2) is 29.8 Å². The Hall–Kier alpha value is -0.770. The van der Waals surface area contributed by atoms with E-state index in [2.05, 4.69) is 24.5 Å². The molecule has 4 nitrogen and oxygen atoms in total. The molecule has 0 radical (unpaired) electrons. The van der Waals surface area contributed by atoms with E-state index in [-0.39, 0.29) is 24.7 Å². The van der Waals surface area contributed by atoms with Crippen LogP contribution in [0.2, 0.25) is 0 Å². The van der Waals surface area contributed by atoms with Gasteiger partial charge in [-0.3, -0.25) is 0 Å². The molecule has 1 saturated carbocycles. The van der Waals surface area contributed by atoms with E-state index in [1.54, 1.807) is 6.92 Å². The minimum absolute atomic E-state index is 0.0231. The van der Waals surface area contributed by atoms with Gasteiger partial charge in [-0.25, -0.2) is 4.79 Å². The summed E-state index contributed by atoms with van der Waals surface area (Å²) in [7, 11) is 0. The van der Waals surface area contributed by atoms with E-state index in [1.165, 1.54) is 12.8 Å². The molecular formula is C12H24N2O2. The Balaban J connectivity index is 2.33. The lowest BCUT2D eigenvalue weighted by molar-refractivity contribution is 0.196. The largest absolute Gasteiger partial charge is 0.394 e. The number of rotatable bonds is 3. The van der Waals surface area contributed by atoms with Gasteiger partial charge in [0.15, 0.2) is 0 Å². The molecule has 0 aromatic heterocycles. The van der Waals surface area contributed by atoms with Gasteiger partial charge in [-0.15, -0.1) is 0 Å². The molecule has 0 spiro atoms. The molecule has 0 saturated heterocycles. The molecule has 4 unspecified atom stereocenters. The third-order valence-electron chi connectivity index (χ3n) is 3.40. The third kappa shape index (κ3) is 4.00. The molecule has 0 aromatic carbocycles. The number of carbonyl (C=O) groups excluding carboxylic acids is 1. The predicted molar refractivity (Wildman–Crippen MR) is 64.2 cm³/mol. The summed E-state index contributed by atoms with van der Waals surface area (Å²) in [5, 5.41) is 14.5. The van der Waals surface area contributed by atoms with Gasteiger partial charge in [0.2, 0.25) is 0 Å². The van der Waals surface area contributed by atoms with E-state index < -0.39 is 0 Å². The smallest absolute Gasteiger partial charge is 0.315 e. The van der Waals surface area contributed by atoms with Crippen molar-refractivity contribution < 1.29 is 9.90 Å². The van der Waals surface area contributed by atoms with E-state index in [0.29, 0.717) is 5.92 Å². The fraction of sp³-hybridized carbons (Fsp3) is 0.917. The zero-order valence-corrected chi connectivity index (χ0v) is 10.5. The number of amides is 2. The highest BCUT2D eigenvalue weighted by Gasteiger charge is 2.26. The minimum Gasteiger partial charge on any atom is -0.394 e. The van der Waals surface area contributed by atoms with Crippen molar-refractivity contribution in [1.82, 2.24) is 10.6 Å². The molecule has 4 heteroatoms. The van der Waals surface area contributed by atoms with E-state index in [4.69, 9.17) is 5.11 Å². The average Bonchev–Trinajstić information content (AvgIpc) is 2.22. The molecule has 0 aliphatic heterocycles. The Morgan fingerprint density at radius 3 is 2.69 bits per heavy atom. The van der Waals surface area contributed by atoms with Crippen LogP contribution >= 0.6 is 0 Å². The van der Waals surface area contributed by atoms with Gasteiger partial charge in [-0.05, 0) is 38.0 Å². The second kappa shape index (κ2) is 6.09. The average molecular weight is 228 g/mol. The molecule has 2 amide bonds. The zero-order chi connectivity index (χ0) is 12.1. The van der Waals surface area contributed by atoms with Crippen LogP contribution in [0.1, 0.15) is 40.0 Å². The SMILES string of the molecule is CC1CCC(NC(=O)NC(C)CO)C(C)C1. The molecule has 1 aliphatic carbocycles. The maximum atomic E-state index is 11.6.